The van der Waals surface area contributed by atoms with Gasteiger partial charge >= 0.3 is 0 Å². The van der Waals surface area contributed by atoms with Crippen LogP contribution in [0.25, 0.3) is 16.2 Å². The number of rotatable bonds is 5. The van der Waals surface area contributed by atoms with Gasteiger partial charge in [0.15, 0.2) is 4.96 Å². The van der Waals surface area contributed by atoms with Gasteiger partial charge in [-0.2, -0.15) is 0 Å². The lowest BCUT2D eigenvalue weighted by Crippen LogP contribution is -2.32. The van der Waals surface area contributed by atoms with E-state index >= 15 is 0 Å². The van der Waals surface area contributed by atoms with E-state index in [2.05, 4.69) is 10.3 Å². The predicted octanol–water partition coefficient (Wildman–Crippen LogP) is 3.40. The van der Waals surface area contributed by atoms with Crippen molar-refractivity contribution >= 4 is 22.2 Å². The van der Waals surface area contributed by atoms with Crippen LogP contribution in [-0.2, 0) is 6.42 Å². The molecular formula is C21H17N3O2S. The summed E-state index contributed by atoms with van der Waals surface area (Å²) < 4.78 is 1.51. The number of amides is 1. The van der Waals surface area contributed by atoms with E-state index in [0.29, 0.717) is 17.9 Å². The molecule has 4 rings (SSSR count). The molecule has 0 saturated carbocycles. The maximum Gasteiger partial charge on any atom is 0.271 e. The van der Waals surface area contributed by atoms with E-state index in [0.717, 1.165) is 16.8 Å². The molecule has 0 bridgehead atoms. The first-order chi connectivity index (χ1) is 13.2. The monoisotopic (exact) mass is 375 g/mol. The fourth-order valence-electron chi connectivity index (χ4n) is 2.92. The normalized spacial score (nSPS) is 10.8. The molecule has 27 heavy (non-hydrogen) atoms. The van der Waals surface area contributed by atoms with Crippen molar-refractivity contribution < 1.29 is 4.79 Å². The molecule has 4 aromatic rings. The van der Waals surface area contributed by atoms with E-state index in [-0.39, 0.29) is 11.1 Å². The second-order valence-electron chi connectivity index (χ2n) is 6.07. The highest BCUT2D eigenvalue weighted by Crippen LogP contribution is 2.23. The Hall–Kier alpha value is -3.25. The van der Waals surface area contributed by atoms with E-state index in [1.54, 1.807) is 0 Å². The molecule has 1 N–H and O–H groups in total. The topological polar surface area (TPSA) is 63.5 Å². The lowest BCUT2D eigenvalue weighted by molar-refractivity contribution is 0.0952. The van der Waals surface area contributed by atoms with Crippen molar-refractivity contribution in [2.75, 3.05) is 6.54 Å². The second-order valence-corrected chi connectivity index (χ2v) is 6.91. The van der Waals surface area contributed by atoms with Crippen molar-refractivity contribution in [1.29, 1.82) is 0 Å². The average molecular weight is 375 g/mol. The molecule has 2 aromatic carbocycles. The Morgan fingerprint density at radius 1 is 1.04 bits per heavy atom. The Morgan fingerprint density at radius 2 is 1.74 bits per heavy atom. The molecule has 0 fully saturated rings. The summed E-state index contributed by atoms with van der Waals surface area (Å²) in [5.41, 5.74) is 2.49. The number of hydrogen-bond donors (Lipinski definition) is 1. The summed E-state index contributed by atoms with van der Waals surface area (Å²) in [7, 11) is 0. The van der Waals surface area contributed by atoms with Gasteiger partial charge in [0.1, 0.15) is 5.56 Å². The van der Waals surface area contributed by atoms with Crippen molar-refractivity contribution in [3.8, 4) is 11.3 Å². The first kappa shape index (κ1) is 17.2. The number of hydrogen-bond acceptors (Lipinski definition) is 4. The van der Waals surface area contributed by atoms with Gasteiger partial charge in [0.05, 0.1) is 5.69 Å². The molecule has 2 heterocycles. The zero-order valence-corrected chi connectivity index (χ0v) is 15.3. The van der Waals surface area contributed by atoms with Crippen LogP contribution in [0.1, 0.15) is 15.9 Å². The number of aromatic nitrogens is 2. The zero-order chi connectivity index (χ0) is 18.6. The molecule has 0 spiro atoms. The van der Waals surface area contributed by atoms with Crippen LogP contribution in [0.4, 0.5) is 0 Å². The quantitative estimate of drug-likeness (QED) is 0.581. The zero-order valence-electron chi connectivity index (χ0n) is 14.5. The highest BCUT2D eigenvalue weighted by atomic mass is 32.1. The summed E-state index contributed by atoms with van der Waals surface area (Å²) in [4.78, 5) is 30.3. The van der Waals surface area contributed by atoms with Gasteiger partial charge in [0, 0.05) is 18.1 Å². The van der Waals surface area contributed by atoms with Crippen molar-refractivity contribution in [3.05, 3.63) is 93.7 Å². The van der Waals surface area contributed by atoms with Gasteiger partial charge in [-0.05, 0) is 17.5 Å². The number of nitrogens with one attached hydrogen (secondary N) is 1. The predicted molar refractivity (Wildman–Crippen MR) is 107 cm³/mol. The van der Waals surface area contributed by atoms with E-state index in [1.165, 1.54) is 21.9 Å². The first-order valence-corrected chi connectivity index (χ1v) is 9.49. The third-order valence-corrected chi connectivity index (χ3v) is 5.14. The third kappa shape index (κ3) is 3.52. The van der Waals surface area contributed by atoms with Gasteiger partial charge in [-0.25, -0.2) is 4.98 Å². The Balaban J connectivity index is 1.60. The lowest BCUT2D eigenvalue weighted by Gasteiger charge is -2.06. The Kier molecular flexibility index (Phi) is 4.80. The molecule has 6 heteroatoms. The highest BCUT2D eigenvalue weighted by Gasteiger charge is 2.16. The molecule has 5 nitrogen and oxygen atoms in total. The number of nitrogens with zero attached hydrogens (tertiary/aromatic N) is 2. The van der Waals surface area contributed by atoms with Crippen LogP contribution in [0.5, 0.6) is 0 Å². The van der Waals surface area contributed by atoms with E-state index in [9.17, 15) is 9.59 Å². The van der Waals surface area contributed by atoms with Gasteiger partial charge in [0.25, 0.3) is 11.5 Å². The van der Waals surface area contributed by atoms with E-state index < -0.39 is 5.91 Å². The standard InChI is InChI=1S/C21H17N3O2S/c25-19(22-12-11-15-7-3-1-4-8-15)17-13-23-21-24(20(17)26)18(14-27-21)16-9-5-2-6-10-16/h1-10,13-14H,11-12H2,(H,22,25). The minimum atomic E-state index is -0.400. The van der Waals surface area contributed by atoms with Gasteiger partial charge in [-0.3, -0.25) is 14.0 Å². The number of carbonyl (C=O) groups excluding carboxylic acids is 1. The Labute approximate surface area is 160 Å². The summed E-state index contributed by atoms with van der Waals surface area (Å²) >= 11 is 1.38. The van der Waals surface area contributed by atoms with Crippen LogP contribution in [-0.4, -0.2) is 21.8 Å². The van der Waals surface area contributed by atoms with Crippen LogP contribution in [0.2, 0.25) is 0 Å². The number of carbonyl (C=O) groups is 1. The van der Waals surface area contributed by atoms with Crippen molar-refractivity contribution in [1.82, 2.24) is 14.7 Å². The van der Waals surface area contributed by atoms with Crippen LogP contribution >= 0.6 is 11.3 Å². The molecule has 1 amide bonds. The molecule has 2 aromatic heterocycles. The summed E-state index contributed by atoms with van der Waals surface area (Å²) in [6.45, 7) is 0.459. The summed E-state index contributed by atoms with van der Waals surface area (Å²) in [5.74, 6) is -0.400. The molecule has 0 atom stereocenters. The van der Waals surface area contributed by atoms with Crippen molar-refractivity contribution in [2.24, 2.45) is 0 Å². The van der Waals surface area contributed by atoms with Crippen molar-refractivity contribution in [2.45, 2.75) is 6.42 Å². The van der Waals surface area contributed by atoms with Gasteiger partial charge in [-0.1, -0.05) is 60.7 Å². The van der Waals surface area contributed by atoms with Crippen LogP contribution in [0.3, 0.4) is 0 Å². The molecule has 0 aliphatic rings. The van der Waals surface area contributed by atoms with E-state index in [4.69, 9.17) is 0 Å². The van der Waals surface area contributed by atoms with Crippen LogP contribution in [0, 0.1) is 0 Å². The fourth-order valence-corrected chi connectivity index (χ4v) is 3.78. The maximum atomic E-state index is 12.9. The smallest absolute Gasteiger partial charge is 0.271 e. The van der Waals surface area contributed by atoms with Gasteiger partial charge in [0.2, 0.25) is 0 Å². The molecule has 0 unspecified atom stereocenters. The molecule has 0 saturated heterocycles. The second kappa shape index (κ2) is 7.55. The number of thiazole rings is 1. The highest BCUT2D eigenvalue weighted by molar-refractivity contribution is 7.15. The summed E-state index contributed by atoms with van der Waals surface area (Å²) in [5, 5.41) is 4.70. The minimum Gasteiger partial charge on any atom is -0.351 e. The van der Waals surface area contributed by atoms with Crippen LogP contribution in [0.15, 0.2) is 77.0 Å². The first-order valence-electron chi connectivity index (χ1n) is 8.61. The van der Waals surface area contributed by atoms with Gasteiger partial charge < -0.3 is 5.32 Å². The fraction of sp³-hybridized carbons (Fsp3) is 0.0952. The van der Waals surface area contributed by atoms with Gasteiger partial charge in [-0.15, -0.1) is 11.3 Å². The lowest BCUT2D eigenvalue weighted by atomic mass is 10.1. The molecule has 0 aliphatic carbocycles. The SMILES string of the molecule is O=C(NCCc1ccccc1)c1cnc2scc(-c3ccccc3)n2c1=O. The molecule has 134 valence electrons. The van der Waals surface area contributed by atoms with Crippen molar-refractivity contribution in [3.63, 3.8) is 0 Å². The number of benzene rings is 2. The maximum absolute atomic E-state index is 12.9. The Bertz CT molecular complexity index is 1130. The average Bonchev–Trinajstić information content (AvgIpc) is 3.15. The number of fused-ring (bicyclic) bond motifs is 1. The van der Waals surface area contributed by atoms with E-state index in [1.807, 2.05) is 66.0 Å². The third-order valence-electron chi connectivity index (χ3n) is 4.30. The summed E-state index contributed by atoms with van der Waals surface area (Å²) in [6, 6.07) is 19.5. The molecule has 0 radical (unpaired) electrons. The summed E-state index contributed by atoms with van der Waals surface area (Å²) in [6.07, 6.45) is 2.07. The molecule has 0 aliphatic heterocycles. The molecular weight excluding hydrogens is 358 g/mol. The van der Waals surface area contributed by atoms with Crippen LogP contribution < -0.4 is 10.9 Å². The largest absolute Gasteiger partial charge is 0.351 e. The Morgan fingerprint density at radius 3 is 2.48 bits per heavy atom. The minimum absolute atomic E-state index is 0.0520.